The third-order valence-corrected chi connectivity index (χ3v) is 5.53. The second-order valence-electron chi connectivity index (χ2n) is 7.38. The molecule has 1 aliphatic heterocycles. The zero-order valence-corrected chi connectivity index (χ0v) is 18.5. The van der Waals surface area contributed by atoms with Crippen molar-refractivity contribution in [1.82, 2.24) is 20.5 Å². The molecule has 146 valence electrons. The van der Waals surface area contributed by atoms with Crippen LogP contribution in [-0.2, 0) is 6.42 Å². The average molecular weight is 471 g/mol. The Kier molecular flexibility index (Phi) is 9.11. The standard InChI is InChI=1S/C20H33N5.HI/c1-3-22-20(23-12-9-17-8-11-21-14-16(17)2)24-18-10-13-25(15-18)19-6-4-5-7-19;/h8,11,14,18-19H,3-7,9-10,12-13,15H2,1-2H3,(H2,22,23,24);1H. The van der Waals surface area contributed by atoms with E-state index in [2.05, 4.69) is 40.4 Å². The number of aryl methyl sites for hydroxylation is 1. The van der Waals surface area contributed by atoms with Gasteiger partial charge in [0.2, 0.25) is 0 Å². The summed E-state index contributed by atoms with van der Waals surface area (Å²) in [7, 11) is 0. The molecule has 1 aromatic rings. The Morgan fingerprint density at radius 1 is 1.31 bits per heavy atom. The monoisotopic (exact) mass is 471 g/mol. The molecule has 0 amide bonds. The Labute approximate surface area is 175 Å². The zero-order chi connectivity index (χ0) is 17.5. The van der Waals surface area contributed by atoms with Gasteiger partial charge in [-0.25, -0.2) is 0 Å². The van der Waals surface area contributed by atoms with Crippen molar-refractivity contribution in [1.29, 1.82) is 0 Å². The van der Waals surface area contributed by atoms with Gasteiger partial charge in [-0.2, -0.15) is 0 Å². The SMILES string of the molecule is CCNC(=NCCc1ccncc1C)NC1CCN(C2CCCC2)C1.I. The fraction of sp³-hybridized carbons (Fsp3) is 0.700. The first-order valence-corrected chi connectivity index (χ1v) is 9.94. The van der Waals surface area contributed by atoms with Gasteiger partial charge < -0.3 is 10.6 Å². The summed E-state index contributed by atoms with van der Waals surface area (Å²) in [6.45, 7) is 8.35. The minimum Gasteiger partial charge on any atom is -0.357 e. The first kappa shape index (κ1) is 21.4. The van der Waals surface area contributed by atoms with Crippen LogP contribution in [0.4, 0.5) is 0 Å². The molecule has 3 rings (SSSR count). The number of aromatic nitrogens is 1. The highest BCUT2D eigenvalue weighted by Crippen LogP contribution is 2.26. The molecule has 6 heteroatoms. The van der Waals surface area contributed by atoms with E-state index in [0.29, 0.717) is 6.04 Å². The first-order chi connectivity index (χ1) is 12.3. The Hall–Kier alpha value is -0.890. The molecule has 2 fully saturated rings. The van der Waals surface area contributed by atoms with Gasteiger partial charge in [0.05, 0.1) is 0 Å². The second-order valence-corrected chi connectivity index (χ2v) is 7.38. The van der Waals surface area contributed by atoms with E-state index in [1.54, 1.807) is 0 Å². The van der Waals surface area contributed by atoms with E-state index >= 15 is 0 Å². The Morgan fingerprint density at radius 3 is 2.85 bits per heavy atom. The summed E-state index contributed by atoms with van der Waals surface area (Å²) in [6, 6.07) is 3.46. The Morgan fingerprint density at radius 2 is 2.12 bits per heavy atom. The fourth-order valence-electron chi connectivity index (χ4n) is 4.09. The van der Waals surface area contributed by atoms with Crippen LogP contribution in [0.25, 0.3) is 0 Å². The summed E-state index contributed by atoms with van der Waals surface area (Å²) >= 11 is 0. The molecule has 2 heterocycles. The van der Waals surface area contributed by atoms with E-state index in [1.165, 1.54) is 56.3 Å². The van der Waals surface area contributed by atoms with E-state index in [1.807, 2.05) is 12.4 Å². The summed E-state index contributed by atoms with van der Waals surface area (Å²) in [4.78, 5) is 11.6. The van der Waals surface area contributed by atoms with Crippen LogP contribution in [0.3, 0.4) is 0 Å². The molecule has 2 aliphatic rings. The fourth-order valence-corrected chi connectivity index (χ4v) is 4.09. The highest BCUT2D eigenvalue weighted by molar-refractivity contribution is 14.0. The van der Waals surface area contributed by atoms with Crippen molar-refractivity contribution in [3.8, 4) is 0 Å². The number of nitrogens with one attached hydrogen (secondary N) is 2. The highest BCUT2D eigenvalue weighted by Gasteiger charge is 2.30. The van der Waals surface area contributed by atoms with Gasteiger partial charge >= 0.3 is 0 Å². The molecule has 0 bridgehead atoms. The molecular weight excluding hydrogens is 437 g/mol. The number of halogens is 1. The van der Waals surface area contributed by atoms with Gasteiger partial charge in [-0.3, -0.25) is 14.9 Å². The zero-order valence-electron chi connectivity index (χ0n) is 16.2. The van der Waals surface area contributed by atoms with Crippen LogP contribution in [0.5, 0.6) is 0 Å². The van der Waals surface area contributed by atoms with Gasteiger partial charge in [0.15, 0.2) is 5.96 Å². The van der Waals surface area contributed by atoms with Gasteiger partial charge in [-0.15, -0.1) is 24.0 Å². The highest BCUT2D eigenvalue weighted by atomic mass is 127. The molecule has 1 saturated heterocycles. The van der Waals surface area contributed by atoms with E-state index in [4.69, 9.17) is 4.99 Å². The summed E-state index contributed by atoms with van der Waals surface area (Å²) in [5.41, 5.74) is 2.58. The first-order valence-electron chi connectivity index (χ1n) is 9.94. The molecule has 26 heavy (non-hydrogen) atoms. The van der Waals surface area contributed by atoms with Gasteiger partial charge in [0, 0.05) is 50.7 Å². The van der Waals surface area contributed by atoms with Crippen LogP contribution in [0, 0.1) is 6.92 Å². The van der Waals surface area contributed by atoms with Crippen molar-refractivity contribution in [2.45, 2.75) is 64.5 Å². The molecule has 5 nitrogen and oxygen atoms in total. The molecule has 1 aliphatic carbocycles. The van der Waals surface area contributed by atoms with E-state index in [0.717, 1.165) is 31.5 Å². The number of pyridine rings is 1. The summed E-state index contributed by atoms with van der Waals surface area (Å²) in [5, 5.41) is 7.06. The second kappa shape index (κ2) is 11.1. The summed E-state index contributed by atoms with van der Waals surface area (Å²) in [6.07, 6.45) is 11.6. The molecule has 0 aromatic carbocycles. The smallest absolute Gasteiger partial charge is 0.191 e. The molecule has 0 radical (unpaired) electrons. The maximum atomic E-state index is 4.79. The minimum atomic E-state index is 0. The number of likely N-dealkylation sites (tertiary alicyclic amines) is 1. The van der Waals surface area contributed by atoms with Crippen LogP contribution in [0.15, 0.2) is 23.5 Å². The lowest BCUT2D eigenvalue weighted by molar-refractivity contribution is 0.242. The number of hydrogen-bond acceptors (Lipinski definition) is 3. The third kappa shape index (κ3) is 6.08. The number of guanidine groups is 1. The van der Waals surface area contributed by atoms with Crippen molar-refractivity contribution in [3.05, 3.63) is 29.6 Å². The number of hydrogen-bond donors (Lipinski definition) is 2. The predicted octanol–water partition coefficient (Wildman–Crippen LogP) is 3.12. The van der Waals surface area contributed by atoms with Crippen LogP contribution >= 0.6 is 24.0 Å². The molecule has 0 spiro atoms. The quantitative estimate of drug-likeness (QED) is 0.381. The lowest BCUT2D eigenvalue weighted by Gasteiger charge is -2.24. The summed E-state index contributed by atoms with van der Waals surface area (Å²) in [5.74, 6) is 0.965. The van der Waals surface area contributed by atoms with Crippen molar-refractivity contribution in [2.24, 2.45) is 4.99 Å². The number of nitrogens with zero attached hydrogens (tertiary/aromatic N) is 3. The van der Waals surface area contributed by atoms with E-state index in [9.17, 15) is 0 Å². The van der Waals surface area contributed by atoms with Crippen LogP contribution in [-0.4, -0.2) is 54.1 Å². The Bertz CT molecular complexity index is 571. The molecular formula is C20H34IN5. The molecule has 2 N–H and O–H groups in total. The van der Waals surface area contributed by atoms with Crippen LogP contribution < -0.4 is 10.6 Å². The van der Waals surface area contributed by atoms with Crippen LogP contribution in [0.2, 0.25) is 0 Å². The molecule has 1 saturated carbocycles. The van der Waals surface area contributed by atoms with Crippen molar-refractivity contribution in [3.63, 3.8) is 0 Å². The molecule has 1 aromatic heterocycles. The van der Waals surface area contributed by atoms with Crippen molar-refractivity contribution < 1.29 is 0 Å². The van der Waals surface area contributed by atoms with E-state index < -0.39 is 0 Å². The van der Waals surface area contributed by atoms with Crippen molar-refractivity contribution >= 4 is 29.9 Å². The molecule has 1 atom stereocenters. The number of rotatable bonds is 6. The number of aliphatic imine (C=N–C) groups is 1. The van der Waals surface area contributed by atoms with E-state index in [-0.39, 0.29) is 24.0 Å². The normalized spacial score (nSPS) is 21.6. The van der Waals surface area contributed by atoms with Gasteiger partial charge in [0.1, 0.15) is 0 Å². The maximum absolute atomic E-state index is 4.79. The topological polar surface area (TPSA) is 52.6 Å². The lowest BCUT2D eigenvalue weighted by atomic mass is 10.1. The largest absolute Gasteiger partial charge is 0.357 e. The minimum absolute atomic E-state index is 0. The summed E-state index contributed by atoms with van der Waals surface area (Å²) < 4.78 is 0. The Balaban J connectivity index is 0.00000243. The van der Waals surface area contributed by atoms with Gasteiger partial charge in [-0.1, -0.05) is 12.8 Å². The van der Waals surface area contributed by atoms with Gasteiger partial charge in [0.25, 0.3) is 0 Å². The van der Waals surface area contributed by atoms with Crippen molar-refractivity contribution in [2.75, 3.05) is 26.2 Å². The van der Waals surface area contributed by atoms with Gasteiger partial charge in [-0.05, 0) is 56.7 Å². The lowest BCUT2D eigenvalue weighted by Crippen LogP contribution is -2.45. The third-order valence-electron chi connectivity index (χ3n) is 5.53. The van der Waals surface area contributed by atoms with Crippen LogP contribution in [0.1, 0.15) is 50.2 Å². The maximum Gasteiger partial charge on any atom is 0.191 e. The average Bonchev–Trinajstić information content (AvgIpc) is 3.28. The molecule has 1 unspecified atom stereocenters. The predicted molar refractivity (Wildman–Crippen MR) is 119 cm³/mol.